The first-order valence-electron chi connectivity index (χ1n) is 4.70. The first kappa shape index (κ1) is 11.6. The number of nitrogens with zero attached hydrogens (tertiary/aromatic N) is 3. The summed E-state index contributed by atoms with van der Waals surface area (Å²) in [6.07, 6.45) is 13.7. The number of imidazole rings is 2. The lowest BCUT2D eigenvalue weighted by Crippen LogP contribution is -1.58. The van der Waals surface area contributed by atoms with E-state index in [2.05, 4.69) is 24.9 Å². The first-order valence-corrected chi connectivity index (χ1v) is 4.70. The zero-order valence-electron chi connectivity index (χ0n) is 8.69. The number of nitrogens with one attached hydrogen (secondary N) is 2. The Morgan fingerprint density at radius 2 is 1.12 bits per heavy atom. The van der Waals surface area contributed by atoms with Gasteiger partial charge in [0.15, 0.2) is 0 Å². The summed E-state index contributed by atoms with van der Waals surface area (Å²) in [6.45, 7) is 0. The molecule has 0 aliphatic carbocycles. The fourth-order valence-corrected chi connectivity index (χ4v) is 0.743. The molecule has 0 unspecified atom stereocenters. The Labute approximate surface area is 93.6 Å². The molecule has 0 amide bonds. The van der Waals surface area contributed by atoms with Crippen LogP contribution in [0.5, 0.6) is 0 Å². The van der Waals surface area contributed by atoms with Gasteiger partial charge >= 0.3 is 0 Å². The van der Waals surface area contributed by atoms with Gasteiger partial charge in [-0.15, -0.1) is 0 Å². The standard InChI is InChI=1S/C5H5N.2C3H4N2/c1-2-4-6-5-3-1;2*1-2-5-3-4-1/h1-5H;2*1-3H,(H,4,5). The normalized spacial score (nSPS) is 8.00. The van der Waals surface area contributed by atoms with E-state index in [4.69, 9.17) is 0 Å². The molecule has 5 heteroatoms. The fraction of sp³-hybridized carbons (Fsp3) is 0. The second-order valence-corrected chi connectivity index (χ2v) is 2.55. The van der Waals surface area contributed by atoms with Crippen LogP contribution in [-0.4, -0.2) is 24.9 Å². The number of hydrogen-bond donors (Lipinski definition) is 2. The molecular formula is C11H13N5. The summed E-state index contributed by atoms with van der Waals surface area (Å²) < 4.78 is 0. The SMILES string of the molecule is c1c[nH]cn1.c1c[nH]cn1.c1ccncc1. The molecule has 0 atom stereocenters. The van der Waals surface area contributed by atoms with E-state index in [-0.39, 0.29) is 0 Å². The molecule has 16 heavy (non-hydrogen) atoms. The molecule has 0 bridgehead atoms. The van der Waals surface area contributed by atoms with Gasteiger partial charge in [-0.3, -0.25) is 4.98 Å². The van der Waals surface area contributed by atoms with Crippen molar-refractivity contribution in [3.05, 3.63) is 68.0 Å². The fourth-order valence-electron chi connectivity index (χ4n) is 0.743. The topological polar surface area (TPSA) is 70.2 Å². The molecule has 5 nitrogen and oxygen atoms in total. The van der Waals surface area contributed by atoms with Gasteiger partial charge in [0, 0.05) is 37.2 Å². The van der Waals surface area contributed by atoms with Crippen LogP contribution in [-0.2, 0) is 0 Å². The van der Waals surface area contributed by atoms with E-state index in [0.717, 1.165) is 0 Å². The molecule has 0 saturated heterocycles. The summed E-state index contributed by atoms with van der Waals surface area (Å²) in [7, 11) is 0. The molecule has 3 heterocycles. The Morgan fingerprint density at radius 1 is 0.562 bits per heavy atom. The van der Waals surface area contributed by atoms with Crippen LogP contribution in [0.4, 0.5) is 0 Å². The lowest BCUT2D eigenvalue weighted by atomic mass is 10.5. The van der Waals surface area contributed by atoms with Crippen LogP contribution >= 0.6 is 0 Å². The highest BCUT2D eigenvalue weighted by atomic mass is 14.8. The number of hydrogen-bond acceptors (Lipinski definition) is 3. The maximum Gasteiger partial charge on any atom is 0.0919 e. The molecule has 0 aliphatic rings. The quantitative estimate of drug-likeness (QED) is 0.601. The molecule has 0 aliphatic heterocycles. The van der Waals surface area contributed by atoms with E-state index >= 15 is 0 Å². The summed E-state index contributed by atoms with van der Waals surface area (Å²) in [4.78, 5) is 16.6. The van der Waals surface area contributed by atoms with Crippen molar-refractivity contribution in [2.75, 3.05) is 0 Å². The zero-order valence-corrected chi connectivity index (χ0v) is 8.69. The van der Waals surface area contributed by atoms with Crippen LogP contribution in [0.2, 0.25) is 0 Å². The minimum atomic E-state index is 1.62. The second-order valence-electron chi connectivity index (χ2n) is 2.55. The van der Waals surface area contributed by atoms with Crippen LogP contribution in [0, 0.1) is 0 Å². The maximum absolute atomic E-state index is 3.78. The van der Waals surface area contributed by atoms with Gasteiger partial charge < -0.3 is 9.97 Å². The van der Waals surface area contributed by atoms with Crippen LogP contribution in [0.3, 0.4) is 0 Å². The Balaban J connectivity index is 0.000000121. The van der Waals surface area contributed by atoms with Crippen molar-refractivity contribution < 1.29 is 0 Å². The average Bonchev–Trinajstić information content (AvgIpc) is 3.10. The molecule has 0 radical (unpaired) electrons. The predicted molar refractivity (Wildman–Crippen MR) is 61.4 cm³/mol. The van der Waals surface area contributed by atoms with Gasteiger partial charge in [0.05, 0.1) is 12.7 Å². The van der Waals surface area contributed by atoms with Crippen molar-refractivity contribution in [1.29, 1.82) is 0 Å². The van der Waals surface area contributed by atoms with Crippen LogP contribution in [0.15, 0.2) is 68.0 Å². The number of aromatic nitrogens is 5. The van der Waals surface area contributed by atoms with E-state index < -0.39 is 0 Å². The molecule has 3 rings (SSSR count). The van der Waals surface area contributed by atoms with E-state index in [0.29, 0.717) is 0 Å². The van der Waals surface area contributed by atoms with Gasteiger partial charge in [0.2, 0.25) is 0 Å². The molecule has 3 aromatic heterocycles. The van der Waals surface area contributed by atoms with Gasteiger partial charge in [-0.1, -0.05) is 6.07 Å². The zero-order chi connectivity index (χ0) is 11.3. The Bertz CT molecular complexity index is 306. The third-order valence-electron chi connectivity index (χ3n) is 1.38. The van der Waals surface area contributed by atoms with Crippen LogP contribution in [0.1, 0.15) is 0 Å². The molecule has 0 fully saturated rings. The number of rotatable bonds is 0. The highest BCUT2D eigenvalue weighted by molar-refractivity contribution is 4.88. The smallest absolute Gasteiger partial charge is 0.0919 e. The summed E-state index contributed by atoms with van der Waals surface area (Å²) in [6, 6.07) is 5.72. The van der Waals surface area contributed by atoms with E-state index in [1.165, 1.54) is 0 Å². The summed E-state index contributed by atoms with van der Waals surface area (Å²) in [5.41, 5.74) is 0. The van der Waals surface area contributed by atoms with Crippen molar-refractivity contribution in [1.82, 2.24) is 24.9 Å². The highest BCUT2D eigenvalue weighted by Gasteiger charge is 1.58. The molecule has 3 aromatic rings. The molecular weight excluding hydrogens is 202 g/mol. The van der Waals surface area contributed by atoms with E-state index in [1.807, 2.05) is 18.2 Å². The van der Waals surface area contributed by atoms with E-state index in [1.54, 1.807) is 49.8 Å². The van der Waals surface area contributed by atoms with Gasteiger partial charge in [0.1, 0.15) is 0 Å². The predicted octanol–water partition coefficient (Wildman–Crippen LogP) is 1.90. The Kier molecular flexibility index (Phi) is 6.65. The van der Waals surface area contributed by atoms with Crippen LogP contribution < -0.4 is 0 Å². The number of H-pyrrole nitrogens is 2. The van der Waals surface area contributed by atoms with Crippen molar-refractivity contribution in [3.8, 4) is 0 Å². The van der Waals surface area contributed by atoms with Crippen molar-refractivity contribution in [2.45, 2.75) is 0 Å². The van der Waals surface area contributed by atoms with Crippen molar-refractivity contribution >= 4 is 0 Å². The summed E-state index contributed by atoms with van der Waals surface area (Å²) >= 11 is 0. The van der Waals surface area contributed by atoms with Gasteiger partial charge in [0.25, 0.3) is 0 Å². The van der Waals surface area contributed by atoms with Crippen LogP contribution in [0.25, 0.3) is 0 Å². The third kappa shape index (κ3) is 7.02. The number of aromatic amines is 2. The average molecular weight is 215 g/mol. The highest BCUT2D eigenvalue weighted by Crippen LogP contribution is 1.73. The number of pyridine rings is 1. The largest absolute Gasteiger partial charge is 0.351 e. The third-order valence-corrected chi connectivity index (χ3v) is 1.38. The Hall–Kier alpha value is -2.43. The molecule has 2 N–H and O–H groups in total. The van der Waals surface area contributed by atoms with Gasteiger partial charge in [-0.25, -0.2) is 9.97 Å². The van der Waals surface area contributed by atoms with E-state index in [9.17, 15) is 0 Å². The molecule has 82 valence electrons. The Morgan fingerprint density at radius 3 is 1.25 bits per heavy atom. The van der Waals surface area contributed by atoms with Crippen molar-refractivity contribution in [2.24, 2.45) is 0 Å². The maximum atomic E-state index is 3.78. The molecule has 0 spiro atoms. The minimum absolute atomic E-state index is 1.62. The van der Waals surface area contributed by atoms with Gasteiger partial charge in [-0.2, -0.15) is 0 Å². The minimum Gasteiger partial charge on any atom is -0.351 e. The summed E-state index contributed by atoms with van der Waals surface area (Å²) in [5.74, 6) is 0. The molecule has 0 saturated carbocycles. The molecule has 0 aromatic carbocycles. The van der Waals surface area contributed by atoms with Gasteiger partial charge in [-0.05, 0) is 12.1 Å². The summed E-state index contributed by atoms with van der Waals surface area (Å²) in [5, 5.41) is 0. The monoisotopic (exact) mass is 215 g/mol. The lowest BCUT2D eigenvalue weighted by Gasteiger charge is -1.70. The second kappa shape index (κ2) is 9.14. The van der Waals surface area contributed by atoms with Crippen molar-refractivity contribution in [3.63, 3.8) is 0 Å². The first-order chi connectivity index (χ1) is 8.00. The lowest BCUT2D eigenvalue weighted by molar-refractivity contribution is 1.31.